The van der Waals surface area contributed by atoms with Crippen molar-refractivity contribution in [1.82, 2.24) is 4.90 Å². The van der Waals surface area contributed by atoms with Gasteiger partial charge in [-0.05, 0) is 19.4 Å². The number of aliphatic carboxylic acids is 1. The third-order valence-corrected chi connectivity index (χ3v) is 6.01. The molecule has 1 aromatic rings. The summed E-state index contributed by atoms with van der Waals surface area (Å²) in [6.07, 6.45) is 0. The van der Waals surface area contributed by atoms with E-state index in [1.807, 2.05) is 30.0 Å². The predicted molar refractivity (Wildman–Crippen MR) is 81.1 cm³/mol. The first-order chi connectivity index (χ1) is 9.74. The van der Waals surface area contributed by atoms with Gasteiger partial charge in [0.2, 0.25) is 0 Å². The molecule has 1 N–H and O–H groups in total. The minimum absolute atomic E-state index is 0.0947. The highest BCUT2D eigenvalue weighted by Crippen LogP contribution is 2.27. The van der Waals surface area contributed by atoms with Crippen LogP contribution in [0.5, 0.6) is 0 Å². The van der Waals surface area contributed by atoms with Crippen LogP contribution in [-0.4, -0.2) is 55.0 Å². The van der Waals surface area contributed by atoms with Gasteiger partial charge in [0.05, 0.1) is 11.5 Å². The number of hydrogen-bond acceptors (Lipinski definition) is 4. The zero-order valence-electron chi connectivity index (χ0n) is 12.3. The Bertz CT molecular complexity index is 614. The molecule has 21 heavy (non-hydrogen) atoms. The van der Waals surface area contributed by atoms with Gasteiger partial charge in [0.25, 0.3) is 0 Å². The number of carboxylic acids is 1. The second-order valence-electron chi connectivity index (χ2n) is 5.94. The SMILES string of the molecule is CC1CS(=O)(=O)CCN1CC(C)(C(=O)O)c1ccccc1. The van der Waals surface area contributed by atoms with Crippen LogP contribution in [0.2, 0.25) is 0 Å². The first-order valence-electron chi connectivity index (χ1n) is 6.98. The lowest BCUT2D eigenvalue weighted by atomic mass is 9.81. The molecule has 2 unspecified atom stereocenters. The van der Waals surface area contributed by atoms with E-state index in [9.17, 15) is 18.3 Å². The molecule has 6 heteroatoms. The van der Waals surface area contributed by atoms with Crippen molar-refractivity contribution in [3.05, 3.63) is 35.9 Å². The molecule has 1 heterocycles. The summed E-state index contributed by atoms with van der Waals surface area (Å²) in [5.74, 6) is -0.700. The number of carbonyl (C=O) groups is 1. The number of nitrogens with zero attached hydrogens (tertiary/aromatic N) is 1. The van der Waals surface area contributed by atoms with E-state index in [-0.39, 0.29) is 17.5 Å². The zero-order chi connectivity index (χ0) is 15.7. The molecule has 0 bridgehead atoms. The van der Waals surface area contributed by atoms with Gasteiger partial charge in [0.1, 0.15) is 5.41 Å². The molecular formula is C15H21NO4S. The summed E-state index contributed by atoms with van der Waals surface area (Å²) < 4.78 is 23.3. The van der Waals surface area contributed by atoms with Crippen molar-refractivity contribution in [3.63, 3.8) is 0 Å². The highest BCUT2D eigenvalue weighted by atomic mass is 32.2. The van der Waals surface area contributed by atoms with Crippen LogP contribution in [0.4, 0.5) is 0 Å². The van der Waals surface area contributed by atoms with E-state index in [1.165, 1.54) is 0 Å². The van der Waals surface area contributed by atoms with Crippen molar-refractivity contribution in [2.45, 2.75) is 25.3 Å². The molecule has 0 aromatic heterocycles. The van der Waals surface area contributed by atoms with Crippen molar-refractivity contribution in [2.24, 2.45) is 0 Å². The minimum atomic E-state index is -2.99. The topological polar surface area (TPSA) is 74.7 Å². The fraction of sp³-hybridized carbons (Fsp3) is 0.533. The molecule has 1 aromatic carbocycles. The summed E-state index contributed by atoms with van der Waals surface area (Å²) in [5.41, 5.74) is -0.311. The number of benzene rings is 1. The smallest absolute Gasteiger partial charge is 0.315 e. The van der Waals surface area contributed by atoms with E-state index < -0.39 is 21.2 Å². The predicted octanol–water partition coefficient (Wildman–Crippen LogP) is 1.15. The first kappa shape index (κ1) is 16.0. The van der Waals surface area contributed by atoms with Gasteiger partial charge >= 0.3 is 5.97 Å². The highest BCUT2D eigenvalue weighted by Gasteiger charge is 2.40. The fourth-order valence-corrected chi connectivity index (χ4v) is 4.39. The molecule has 2 atom stereocenters. The molecule has 0 amide bonds. The van der Waals surface area contributed by atoms with E-state index in [2.05, 4.69) is 0 Å². The van der Waals surface area contributed by atoms with Crippen LogP contribution in [0.3, 0.4) is 0 Å². The third-order valence-electron chi connectivity index (χ3n) is 4.21. The largest absolute Gasteiger partial charge is 0.481 e. The Kier molecular flexibility index (Phi) is 4.39. The minimum Gasteiger partial charge on any atom is -0.481 e. The molecule has 0 saturated carbocycles. The molecule has 2 rings (SSSR count). The van der Waals surface area contributed by atoms with Crippen LogP contribution in [0.15, 0.2) is 30.3 Å². The van der Waals surface area contributed by atoms with Gasteiger partial charge < -0.3 is 5.11 Å². The molecule has 116 valence electrons. The molecule has 0 radical (unpaired) electrons. The Morgan fingerprint density at radius 1 is 1.38 bits per heavy atom. The lowest BCUT2D eigenvalue weighted by Gasteiger charge is -2.38. The van der Waals surface area contributed by atoms with Crippen molar-refractivity contribution in [2.75, 3.05) is 24.6 Å². The average Bonchev–Trinajstić information content (AvgIpc) is 2.42. The Balaban J connectivity index is 2.24. The van der Waals surface area contributed by atoms with E-state index in [1.54, 1.807) is 19.1 Å². The summed E-state index contributed by atoms with van der Waals surface area (Å²) in [6, 6.07) is 8.94. The number of hydrogen-bond donors (Lipinski definition) is 1. The number of sulfone groups is 1. The summed E-state index contributed by atoms with van der Waals surface area (Å²) in [4.78, 5) is 13.7. The van der Waals surface area contributed by atoms with Gasteiger partial charge in [-0.25, -0.2) is 8.42 Å². The Labute approximate surface area is 125 Å². The van der Waals surface area contributed by atoms with Gasteiger partial charge in [-0.3, -0.25) is 9.69 Å². The molecular weight excluding hydrogens is 290 g/mol. The molecule has 1 fully saturated rings. The highest BCUT2D eigenvalue weighted by molar-refractivity contribution is 7.91. The van der Waals surface area contributed by atoms with E-state index in [4.69, 9.17) is 0 Å². The molecule has 1 aliphatic rings. The molecule has 5 nitrogen and oxygen atoms in total. The standard InChI is InChI=1S/C15H21NO4S/c1-12-10-21(19,20)9-8-16(12)11-15(2,14(17)18)13-6-4-3-5-7-13/h3-7,12H,8-11H2,1-2H3,(H,17,18). The maximum atomic E-state index is 11.8. The third kappa shape index (κ3) is 3.44. The van der Waals surface area contributed by atoms with Crippen molar-refractivity contribution >= 4 is 15.8 Å². The Morgan fingerprint density at radius 2 is 2.00 bits per heavy atom. The Morgan fingerprint density at radius 3 is 2.52 bits per heavy atom. The van der Waals surface area contributed by atoms with Crippen LogP contribution >= 0.6 is 0 Å². The molecule has 0 spiro atoms. The van der Waals surface area contributed by atoms with E-state index in [0.29, 0.717) is 13.1 Å². The molecule has 1 saturated heterocycles. The van der Waals surface area contributed by atoms with Crippen LogP contribution in [-0.2, 0) is 20.0 Å². The van der Waals surface area contributed by atoms with Gasteiger partial charge in [0, 0.05) is 19.1 Å². The number of carboxylic acid groups (broad SMARTS) is 1. The fourth-order valence-electron chi connectivity index (χ4n) is 2.76. The van der Waals surface area contributed by atoms with Gasteiger partial charge in [-0.1, -0.05) is 30.3 Å². The monoisotopic (exact) mass is 311 g/mol. The zero-order valence-corrected chi connectivity index (χ0v) is 13.1. The molecule has 1 aliphatic heterocycles. The average molecular weight is 311 g/mol. The maximum Gasteiger partial charge on any atom is 0.315 e. The summed E-state index contributed by atoms with van der Waals surface area (Å²) in [7, 11) is -2.99. The van der Waals surface area contributed by atoms with Crippen molar-refractivity contribution < 1.29 is 18.3 Å². The maximum absolute atomic E-state index is 11.8. The first-order valence-corrected chi connectivity index (χ1v) is 8.80. The van der Waals surface area contributed by atoms with E-state index >= 15 is 0 Å². The van der Waals surface area contributed by atoms with Crippen molar-refractivity contribution in [1.29, 1.82) is 0 Å². The van der Waals surface area contributed by atoms with Crippen LogP contribution in [0.1, 0.15) is 19.4 Å². The van der Waals surface area contributed by atoms with Crippen molar-refractivity contribution in [3.8, 4) is 0 Å². The lowest BCUT2D eigenvalue weighted by Crippen LogP contribution is -2.53. The second kappa shape index (κ2) is 5.77. The summed E-state index contributed by atoms with van der Waals surface area (Å²) >= 11 is 0. The quantitative estimate of drug-likeness (QED) is 0.903. The van der Waals surface area contributed by atoms with Gasteiger partial charge in [0.15, 0.2) is 9.84 Å². The van der Waals surface area contributed by atoms with Crippen LogP contribution in [0.25, 0.3) is 0 Å². The molecule has 0 aliphatic carbocycles. The van der Waals surface area contributed by atoms with Gasteiger partial charge in [-0.2, -0.15) is 0 Å². The normalized spacial score (nSPS) is 25.1. The van der Waals surface area contributed by atoms with E-state index in [0.717, 1.165) is 5.56 Å². The van der Waals surface area contributed by atoms with Gasteiger partial charge in [-0.15, -0.1) is 0 Å². The number of rotatable bonds is 4. The summed E-state index contributed by atoms with van der Waals surface area (Å²) in [5, 5.41) is 9.66. The Hall–Kier alpha value is -1.40. The van der Waals surface area contributed by atoms with Crippen LogP contribution in [0, 0.1) is 0 Å². The summed E-state index contributed by atoms with van der Waals surface area (Å²) in [6.45, 7) is 4.23. The second-order valence-corrected chi connectivity index (χ2v) is 8.17. The lowest BCUT2D eigenvalue weighted by molar-refractivity contribution is -0.144. The van der Waals surface area contributed by atoms with Crippen LogP contribution < -0.4 is 0 Å².